The SMILES string of the molecule is CN(C)/C(=N\C(F)(F)C(F)(F)C(F)(F)C(F)(F)F)NC(=N)N. The van der Waals surface area contributed by atoms with Crippen LogP contribution in [0.25, 0.3) is 0 Å². The minimum Gasteiger partial charge on any atom is -0.370 e. The molecule has 0 fully saturated rings. The third-order valence-corrected chi connectivity index (χ3v) is 2.04. The Hall–Kier alpha value is -1.89. The number of halogens is 9. The van der Waals surface area contributed by atoms with Gasteiger partial charge >= 0.3 is 24.1 Å². The van der Waals surface area contributed by atoms with Crippen LogP contribution in [0.4, 0.5) is 39.5 Å². The third-order valence-electron chi connectivity index (χ3n) is 2.04. The Balaban J connectivity index is 5.93. The van der Waals surface area contributed by atoms with Crippen LogP contribution in [-0.2, 0) is 0 Å². The summed E-state index contributed by atoms with van der Waals surface area (Å²) < 4.78 is 113. The van der Waals surface area contributed by atoms with Crippen molar-refractivity contribution < 1.29 is 39.5 Å². The predicted octanol–water partition coefficient (Wildman–Crippen LogP) is 1.81. The van der Waals surface area contributed by atoms with Gasteiger partial charge in [-0.1, -0.05) is 0 Å². The molecule has 0 unspecified atom stereocenters. The highest BCUT2D eigenvalue weighted by molar-refractivity contribution is 5.96. The fraction of sp³-hybridized carbons (Fsp3) is 0.750. The van der Waals surface area contributed by atoms with Gasteiger partial charge in [0.05, 0.1) is 0 Å². The van der Waals surface area contributed by atoms with Gasteiger partial charge in [-0.3, -0.25) is 10.7 Å². The van der Waals surface area contributed by atoms with E-state index in [1.807, 2.05) is 4.99 Å². The van der Waals surface area contributed by atoms with Crippen molar-refractivity contribution in [2.45, 2.75) is 24.1 Å². The van der Waals surface area contributed by atoms with Gasteiger partial charge in [-0.25, -0.2) is 0 Å². The number of hydrogen-bond donors (Lipinski definition) is 3. The third kappa shape index (κ3) is 3.65. The zero-order chi connectivity index (χ0) is 18.1. The minimum atomic E-state index is -7.04. The zero-order valence-electron chi connectivity index (χ0n) is 10.9. The monoisotopic (exact) mass is 347 g/mol. The maximum absolute atomic E-state index is 13.2. The smallest absolute Gasteiger partial charge is 0.370 e. The van der Waals surface area contributed by atoms with Gasteiger partial charge in [-0.15, -0.1) is 0 Å². The van der Waals surface area contributed by atoms with E-state index in [0.29, 0.717) is 4.90 Å². The average molecular weight is 347 g/mol. The van der Waals surface area contributed by atoms with Gasteiger partial charge in [0.1, 0.15) is 0 Å². The predicted molar refractivity (Wildman–Crippen MR) is 57.1 cm³/mol. The van der Waals surface area contributed by atoms with Crippen LogP contribution in [0.2, 0.25) is 0 Å². The number of alkyl halides is 9. The van der Waals surface area contributed by atoms with Gasteiger partial charge in [0, 0.05) is 14.1 Å². The molecule has 0 aliphatic carbocycles. The van der Waals surface area contributed by atoms with Crippen molar-refractivity contribution in [3.05, 3.63) is 0 Å². The summed E-state index contributed by atoms with van der Waals surface area (Å²) in [5.74, 6) is -16.3. The molecule has 14 heteroatoms. The summed E-state index contributed by atoms with van der Waals surface area (Å²) in [6.45, 7) is 0. The van der Waals surface area contributed by atoms with E-state index in [2.05, 4.69) is 0 Å². The standard InChI is InChI=1S/C8H10F9N5/c1-22(2)4(20-3(18)19)21-8(16,17)6(11,12)5(9,10)7(13,14)15/h1-2H3,(H4,18,19,20,21). The van der Waals surface area contributed by atoms with Gasteiger partial charge in [-0.05, 0) is 0 Å². The summed E-state index contributed by atoms with van der Waals surface area (Å²) in [6.07, 6.45) is -6.93. The molecule has 0 amide bonds. The van der Waals surface area contributed by atoms with Crippen LogP contribution in [0.5, 0.6) is 0 Å². The topological polar surface area (TPSA) is 77.5 Å². The largest absolute Gasteiger partial charge is 0.460 e. The Morgan fingerprint density at radius 2 is 1.36 bits per heavy atom. The van der Waals surface area contributed by atoms with Gasteiger partial charge in [0.15, 0.2) is 5.96 Å². The van der Waals surface area contributed by atoms with Crippen molar-refractivity contribution in [1.29, 1.82) is 5.41 Å². The van der Waals surface area contributed by atoms with Crippen LogP contribution in [0.15, 0.2) is 4.99 Å². The normalized spacial score (nSPS) is 14.8. The molecule has 22 heavy (non-hydrogen) atoms. The van der Waals surface area contributed by atoms with Crippen molar-refractivity contribution >= 4 is 11.9 Å². The zero-order valence-corrected chi connectivity index (χ0v) is 10.9. The molecule has 5 nitrogen and oxygen atoms in total. The van der Waals surface area contributed by atoms with Gasteiger partial charge in [0.25, 0.3) is 0 Å². The molecule has 0 heterocycles. The first-order chi connectivity index (χ1) is 9.47. The number of hydrogen-bond acceptors (Lipinski definition) is 2. The summed E-state index contributed by atoms with van der Waals surface area (Å²) in [5.41, 5.74) is 4.72. The lowest BCUT2D eigenvalue weighted by Crippen LogP contribution is -2.61. The second kappa shape index (κ2) is 5.72. The van der Waals surface area contributed by atoms with Crippen LogP contribution in [0.3, 0.4) is 0 Å². The van der Waals surface area contributed by atoms with Crippen molar-refractivity contribution in [1.82, 2.24) is 10.2 Å². The number of guanidine groups is 2. The summed E-state index contributed by atoms with van der Waals surface area (Å²) in [7, 11) is 1.82. The van der Waals surface area contributed by atoms with Crippen LogP contribution in [-0.4, -0.2) is 55.0 Å². The Kier molecular flexibility index (Phi) is 5.23. The average Bonchev–Trinajstić information content (AvgIpc) is 2.24. The molecule has 0 atom stereocenters. The van der Waals surface area contributed by atoms with Gasteiger partial charge < -0.3 is 10.6 Å². The number of nitrogens with one attached hydrogen (secondary N) is 2. The van der Waals surface area contributed by atoms with E-state index < -0.39 is 36.0 Å². The summed E-state index contributed by atoms with van der Waals surface area (Å²) >= 11 is 0. The van der Waals surface area contributed by atoms with Crippen molar-refractivity contribution in [2.24, 2.45) is 10.7 Å². The first kappa shape index (κ1) is 20.1. The second-order valence-corrected chi connectivity index (χ2v) is 4.06. The molecule has 130 valence electrons. The Morgan fingerprint density at radius 1 is 0.955 bits per heavy atom. The van der Waals surface area contributed by atoms with E-state index in [1.54, 1.807) is 0 Å². The molecular formula is C8H10F9N5. The summed E-state index contributed by atoms with van der Waals surface area (Å²) in [6, 6.07) is -6.14. The van der Waals surface area contributed by atoms with E-state index in [0.717, 1.165) is 14.1 Å². The van der Waals surface area contributed by atoms with E-state index in [1.165, 1.54) is 5.32 Å². The Morgan fingerprint density at radius 3 is 1.64 bits per heavy atom. The Bertz CT molecular complexity index is 453. The molecule has 0 aromatic heterocycles. The highest BCUT2D eigenvalue weighted by Crippen LogP contribution is 2.53. The van der Waals surface area contributed by atoms with Crippen molar-refractivity contribution in [3.8, 4) is 0 Å². The lowest BCUT2D eigenvalue weighted by Gasteiger charge is -2.32. The molecule has 4 N–H and O–H groups in total. The van der Waals surface area contributed by atoms with E-state index in [9.17, 15) is 39.5 Å². The molecular weight excluding hydrogens is 337 g/mol. The number of aliphatic imine (C=N–C) groups is 1. The Labute approximate surface area is 117 Å². The highest BCUT2D eigenvalue weighted by Gasteiger charge is 2.82. The molecule has 0 spiro atoms. The van der Waals surface area contributed by atoms with Gasteiger partial charge in [-0.2, -0.15) is 44.5 Å². The first-order valence-corrected chi connectivity index (χ1v) is 5.05. The maximum Gasteiger partial charge on any atom is 0.460 e. The van der Waals surface area contributed by atoms with Crippen molar-refractivity contribution in [3.63, 3.8) is 0 Å². The summed E-state index contributed by atoms with van der Waals surface area (Å²) in [4.78, 5) is 2.36. The fourth-order valence-electron chi connectivity index (χ4n) is 0.930. The molecule has 0 saturated carbocycles. The second-order valence-electron chi connectivity index (χ2n) is 4.06. The molecule has 0 bridgehead atoms. The minimum absolute atomic E-state index is 0.511. The maximum atomic E-state index is 13.2. The number of nitrogens with zero attached hydrogens (tertiary/aromatic N) is 2. The molecule has 0 saturated heterocycles. The molecule has 0 rings (SSSR count). The molecule has 0 aromatic carbocycles. The fourth-order valence-corrected chi connectivity index (χ4v) is 0.930. The highest BCUT2D eigenvalue weighted by atomic mass is 19.4. The molecule has 0 aliphatic rings. The molecule has 0 aliphatic heterocycles. The summed E-state index contributed by atoms with van der Waals surface area (Å²) in [5, 5.41) is 8.20. The number of rotatable bonds is 3. The lowest BCUT2D eigenvalue weighted by atomic mass is 10.1. The van der Waals surface area contributed by atoms with E-state index in [-0.39, 0.29) is 0 Å². The van der Waals surface area contributed by atoms with Crippen LogP contribution < -0.4 is 11.1 Å². The quantitative estimate of drug-likeness (QED) is 0.315. The van der Waals surface area contributed by atoms with Crippen LogP contribution >= 0.6 is 0 Å². The molecule has 0 radical (unpaired) electrons. The van der Waals surface area contributed by atoms with Crippen LogP contribution in [0, 0.1) is 5.41 Å². The van der Waals surface area contributed by atoms with Gasteiger partial charge in [0.2, 0.25) is 5.96 Å². The van der Waals surface area contributed by atoms with Crippen LogP contribution in [0.1, 0.15) is 0 Å². The van der Waals surface area contributed by atoms with E-state index >= 15 is 0 Å². The van der Waals surface area contributed by atoms with Crippen molar-refractivity contribution in [2.75, 3.05) is 14.1 Å². The lowest BCUT2D eigenvalue weighted by molar-refractivity contribution is -0.394. The number of nitrogens with two attached hydrogens (primary N) is 1. The first-order valence-electron chi connectivity index (χ1n) is 5.05. The van der Waals surface area contributed by atoms with E-state index in [4.69, 9.17) is 11.1 Å². The molecule has 0 aromatic rings.